The van der Waals surface area contributed by atoms with Crippen LogP contribution in [0.2, 0.25) is 0 Å². The number of benzene rings is 2. The van der Waals surface area contributed by atoms with E-state index in [0.717, 1.165) is 42.3 Å². The largest absolute Gasteiger partial charge is 0.352 e. The molecule has 4 rings (SSSR count). The molecular formula is C20H19F3N2. The lowest BCUT2D eigenvalue weighted by Crippen LogP contribution is -2.30. The number of fused-ring (bicyclic) bond motifs is 1. The second-order valence-corrected chi connectivity index (χ2v) is 6.82. The number of nitrogens with one attached hydrogen (secondary N) is 2. The zero-order valence-electron chi connectivity index (χ0n) is 13.9. The predicted molar refractivity (Wildman–Crippen MR) is 93.0 cm³/mol. The van der Waals surface area contributed by atoms with Crippen LogP contribution in [0.1, 0.15) is 24.3 Å². The van der Waals surface area contributed by atoms with Gasteiger partial charge in [0, 0.05) is 11.5 Å². The van der Waals surface area contributed by atoms with Gasteiger partial charge in [-0.05, 0) is 79.7 Å². The smallest absolute Gasteiger partial charge is 0.150 e. The topological polar surface area (TPSA) is 27.8 Å². The van der Waals surface area contributed by atoms with E-state index in [0.29, 0.717) is 16.8 Å². The summed E-state index contributed by atoms with van der Waals surface area (Å²) in [6, 6.07) is 8.38. The highest BCUT2D eigenvalue weighted by molar-refractivity contribution is 5.92. The minimum atomic E-state index is -0.601. The third-order valence-corrected chi connectivity index (χ3v) is 5.13. The monoisotopic (exact) mass is 344 g/mol. The predicted octanol–water partition coefficient (Wildman–Crippen LogP) is 4.97. The van der Waals surface area contributed by atoms with E-state index in [1.165, 1.54) is 18.2 Å². The molecule has 3 aromatic rings. The zero-order valence-corrected chi connectivity index (χ0v) is 13.9. The van der Waals surface area contributed by atoms with Gasteiger partial charge in [-0.15, -0.1) is 0 Å². The van der Waals surface area contributed by atoms with Crippen LogP contribution in [0.4, 0.5) is 13.2 Å². The molecule has 0 aliphatic heterocycles. The number of rotatable bonds is 4. The van der Waals surface area contributed by atoms with E-state index in [2.05, 4.69) is 10.3 Å². The van der Waals surface area contributed by atoms with E-state index in [-0.39, 0.29) is 11.7 Å². The van der Waals surface area contributed by atoms with E-state index in [1.807, 2.05) is 7.05 Å². The van der Waals surface area contributed by atoms with Crippen molar-refractivity contribution in [1.82, 2.24) is 10.3 Å². The number of hydrogen-bond acceptors (Lipinski definition) is 1. The van der Waals surface area contributed by atoms with Crippen LogP contribution < -0.4 is 5.32 Å². The van der Waals surface area contributed by atoms with Gasteiger partial charge in [-0.1, -0.05) is 0 Å². The van der Waals surface area contributed by atoms with Crippen LogP contribution in [0.3, 0.4) is 0 Å². The maximum atomic E-state index is 14.3. The lowest BCUT2D eigenvalue weighted by molar-refractivity contribution is 0.261. The number of halogens is 3. The Hall–Kier alpha value is -2.27. The Kier molecular flexibility index (Phi) is 4.04. The number of aromatic amines is 1. The second kappa shape index (κ2) is 6.23. The minimum absolute atomic E-state index is 0.244. The van der Waals surface area contributed by atoms with Gasteiger partial charge in [-0.2, -0.15) is 0 Å². The average Bonchev–Trinajstić information content (AvgIpc) is 2.90. The number of aromatic nitrogens is 1. The maximum Gasteiger partial charge on any atom is 0.150 e. The van der Waals surface area contributed by atoms with Gasteiger partial charge < -0.3 is 10.3 Å². The van der Waals surface area contributed by atoms with Crippen LogP contribution in [0, 0.1) is 23.4 Å². The fraction of sp³-hybridized carbons (Fsp3) is 0.300. The summed E-state index contributed by atoms with van der Waals surface area (Å²) in [4.78, 5) is 3.11. The SMILES string of the molecule is CNCC1CC(c2c(-c3ccc(F)cc3)[nH]c3c(F)cc(F)cc23)C1. The van der Waals surface area contributed by atoms with Crippen molar-refractivity contribution < 1.29 is 13.2 Å². The standard InChI is InChI=1S/C20H19F3N2/c1-24-10-11-6-13(7-11)18-16-8-15(22)9-17(23)20(16)25-19(18)12-2-4-14(21)5-3-12/h2-5,8-9,11,13,24-25H,6-7,10H2,1H3. The van der Waals surface area contributed by atoms with E-state index < -0.39 is 11.6 Å². The molecule has 1 aliphatic rings. The highest BCUT2D eigenvalue weighted by Crippen LogP contribution is 2.48. The first-order chi connectivity index (χ1) is 12.1. The quantitative estimate of drug-likeness (QED) is 0.687. The Morgan fingerprint density at radius 1 is 1.04 bits per heavy atom. The summed E-state index contributed by atoms with van der Waals surface area (Å²) in [5.74, 6) is -0.693. The molecule has 2 aromatic carbocycles. The van der Waals surface area contributed by atoms with Crippen molar-refractivity contribution in [2.45, 2.75) is 18.8 Å². The van der Waals surface area contributed by atoms with Crippen LogP contribution in [-0.4, -0.2) is 18.6 Å². The third-order valence-electron chi connectivity index (χ3n) is 5.13. The van der Waals surface area contributed by atoms with E-state index in [4.69, 9.17) is 0 Å². The molecule has 2 nitrogen and oxygen atoms in total. The molecule has 0 radical (unpaired) electrons. The van der Waals surface area contributed by atoms with Crippen molar-refractivity contribution in [2.75, 3.05) is 13.6 Å². The molecule has 0 unspecified atom stereocenters. The summed E-state index contributed by atoms with van der Waals surface area (Å²) < 4.78 is 41.3. The van der Waals surface area contributed by atoms with E-state index >= 15 is 0 Å². The van der Waals surface area contributed by atoms with E-state index in [1.54, 1.807) is 12.1 Å². The van der Waals surface area contributed by atoms with Gasteiger partial charge in [0.1, 0.15) is 17.5 Å². The molecule has 1 saturated carbocycles. The Morgan fingerprint density at radius 3 is 2.44 bits per heavy atom. The van der Waals surface area contributed by atoms with Crippen molar-refractivity contribution in [3.8, 4) is 11.3 Å². The van der Waals surface area contributed by atoms with Crippen LogP contribution >= 0.6 is 0 Å². The highest BCUT2D eigenvalue weighted by atomic mass is 19.1. The first-order valence-corrected chi connectivity index (χ1v) is 8.48. The second-order valence-electron chi connectivity index (χ2n) is 6.82. The molecule has 0 atom stereocenters. The summed E-state index contributed by atoms with van der Waals surface area (Å²) in [5.41, 5.74) is 2.79. The van der Waals surface area contributed by atoms with Gasteiger partial charge in [-0.25, -0.2) is 13.2 Å². The Labute approximate surface area is 144 Å². The Bertz CT molecular complexity index is 909. The molecule has 25 heavy (non-hydrogen) atoms. The van der Waals surface area contributed by atoms with Crippen LogP contribution in [0.15, 0.2) is 36.4 Å². The van der Waals surface area contributed by atoms with Crippen molar-refractivity contribution in [2.24, 2.45) is 5.92 Å². The molecule has 1 aromatic heterocycles. The first-order valence-electron chi connectivity index (χ1n) is 8.48. The first kappa shape index (κ1) is 16.2. The van der Waals surface area contributed by atoms with Gasteiger partial charge in [-0.3, -0.25) is 0 Å². The summed E-state index contributed by atoms with van der Waals surface area (Å²) in [5, 5.41) is 3.76. The number of H-pyrrole nitrogens is 1. The minimum Gasteiger partial charge on any atom is -0.352 e. The molecule has 0 spiro atoms. The highest BCUT2D eigenvalue weighted by Gasteiger charge is 2.34. The summed E-state index contributed by atoms with van der Waals surface area (Å²) in [7, 11) is 1.92. The van der Waals surface area contributed by atoms with Gasteiger partial charge in [0.25, 0.3) is 0 Å². The van der Waals surface area contributed by atoms with Crippen LogP contribution in [0.25, 0.3) is 22.2 Å². The van der Waals surface area contributed by atoms with Crippen LogP contribution in [0.5, 0.6) is 0 Å². The van der Waals surface area contributed by atoms with Crippen molar-refractivity contribution in [3.05, 3.63) is 59.4 Å². The molecule has 0 saturated heterocycles. The van der Waals surface area contributed by atoms with Crippen molar-refractivity contribution in [1.29, 1.82) is 0 Å². The van der Waals surface area contributed by atoms with Gasteiger partial charge >= 0.3 is 0 Å². The van der Waals surface area contributed by atoms with Crippen molar-refractivity contribution >= 4 is 10.9 Å². The summed E-state index contributed by atoms with van der Waals surface area (Å²) in [6.07, 6.45) is 1.94. The average molecular weight is 344 g/mol. The Morgan fingerprint density at radius 2 is 1.76 bits per heavy atom. The molecule has 1 fully saturated rings. The lowest BCUT2D eigenvalue weighted by atomic mass is 9.70. The molecule has 1 aliphatic carbocycles. The van der Waals surface area contributed by atoms with E-state index in [9.17, 15) is 13.2 Å². The lowest BCUT2D eigenvalue weighted by Gasteiger charge is -2.36. The third kappa shape index (κ3) is 2.82. The van der Waals surface area contributed by atoms with Crippen LogP contribution in [-0.2, 0) is 0 Å². The van der Waals surface area contributed by atoms with Gasteiger partial charge in [0.2, 0.25) is 0 Å². The summed E-state index contributed by atoms with van der Waals surface area (Å²) >= 11 is 0. The normalized spacial score (nSPS) is 20.0. The van der Waals surface area contributed by atoms with Gasteiger partial charge in [0.05, 0.1) is 11.2 Å². The molecule has 0 bridgehead atoms. The Balaban J connectivity index is 1.85. The van der Waals surface area contributed by atoms with Gasteiger partial charge in [0.15, 0.2) is 0 Å². The number of hydrogen-bond donors (Lipinski definition) is 2. The van der Waals surface area contributed by atoms with Crippen molar-refractivity contribution in [3.63, 3.8) is 0 Å². The fourth-order valence-corrected chi connectivity index (χ4v) is 3.94. The molecule has 1 heterocycles. The molecule has 2 N–H and O–H groups in total. The maximum absolute atomic E-state index is 14.3. The fourth-order valence-electron chi connectivity index (χ4n) is 3.94. The molecule has 130 valence electrons. The molecular weight excluding hydrogens is 325 g/mol. The zero-order chi connectivity index (χ0) is 17.6. The molecule has 5 heteroatoms. The molecule has 0 amide bonds. The summed E-state index contributed by atoms with van der Waals surface area (Å²) in [6.45, 7) is 0.938.